The van der Waals surface area contributed by atoms with E-state index in [0.29, 0.717) is 12.3 Å². The first-order chi connectivity index (χ1) is 8.74. The predicted octanol–water partition coefficient (Wildman–Crippen LogP) is 2.04. The van der Waals surface area contributed by atoms with Gasteiger partial charge in [-0.25, -0.2) is 0 Å². The monoisotopic (exact) mass is 249 g/mol. The van der Waals surface area contributed by atoms with Crippen LogP contribution < -0.4 is 11.1 Å². The molecule has 4 N–H and O–H groups in total. The summed E-state index contributed by atoms with van der Waals surface area (Å²) in [7, 11) is 0. The standard InChI is InChI=1S/C14H23N3O/c1-12-6-2-3-7-13(12)9-11-16-10-5-4-8-14(15)17-18/h2-3,6-7,16,18H,4-5,8-11H2,1H3,(H2,15,17). The molecule has 0 fully saturated rings. The molecule has 18 heavy (non-hydrogen) atoms. The molecule has 1 rings (SSSR count). The van der Waals surface area contributed by atoms with Gasteiger partial charge in [0.05, 0.1) is 0 Å². The van der Waals surface area contributed by atoms with Crippen molar-refractivity contribution in [1.29, 1.82) is 0 Å². The Morgan fingerprint density at radius 2 is 2.06 bits per heavy atom. The summed E-state index contributed by atoms with van der Waals surface area (Å²) in [6.45, 7) is 4.12. The minimum absolute atomic E-state index is 0.315. The Balaban J connectivity index is 2.04. The molecule has 0 saturated heterocycles. The fourth-order valence-corrected chi connectivity index (χ4v) is 1.84. The second kappa shape index (κ2) is 8.53. The summed E-state index contributed by atoms with van der Waals surface area (Å²) >= 11 is 0. The van der Waals surface area contributed by atoms with Gasteiger partial charge < -0.3 is 16.3 Å². The van der Waals surface area contributed by atoms with Crippen molar-refractivity contribution < 1.29 is 5.21 Å². The Kier molecular flexibility index (Phi) is 6.87. The molecule has 0 aromatic heterocycles. The average Bonchev–Trinajstić information content (AvgIpc) is 2.39. The first-order valence-corrected chi connectivity index (χ1v) is 6.45. The highest BCUT2D eigenvalue weighted by Gasteiger charge is 1.97. The molecule has 1 aromatic rings. The van der Waals surface area contributed by atoms with Gasteiger partial charge >= 0.3 is 0 Å². The summed E-state index contributed by atoms with van der Waals surface area (Å²) < 4.78 is 0. The Morgan fingerprint density at radius 1 is 1.28 bits per heavy atom. The normalized spacial score (nSPS) is 11.7. The molecular weight excluding hydrogens is 226 g/mol. The number of aryl methyl sites for hydroxylation is 1. The third kappa shape index (κ3) is 5.68. The van der Waals surface area contributed by atoms with Crippen LogP contribution in [-0.2, 0) is 6.42 Å². The van der Waals surface area contributed by atoms with Crippen molar-refractivity contribution in [1.82, 2.24) is 5.32 Å². The van der Waals surface area contributed by atoms with Gasteiger partial charge in [-0.2, -0.15) is 0 Å². The zero-order chi connectivity index (χ0) is 13.2. The lowest BCUT2D eigenvalue weighted by Crippen LogP contribution is -2.19. The van der Waals surface area contributed by atoms with Crippen LogP contribution in [0.1, 0.15) is 30.4 Å². The molecule has 1 aromatic carbocycles. The van der Waals surface area contributed by atoms with Gasteiger partial charge in [0.25, 0.3) is 0 Å². The number of nitrogens with one attached hydrogen (secondary N) is 1. The highest BCUT2D eigenvalue weighted by atomic mass is 16.4. The van der Waals surface area contributed by atoms with E-state index in [1.807, 2.05) is 0 Å². The molecule has 4 nitrogen and oxygen atoms in total. The summed E-state index contributed by atoms with van der Waals surface area (Å²) in [5.74, 6) is 0.315. The highest BCUT2D eigenvalue weighted by molar-refractivity contribution is 5.79. The lowest BCUT2D eigenvalue weighted by atomic mass is 10.1. The molecule has 0 saturated carbocycles. The second-order valence-corrected chi connectivity index (χ2v) is 4.47. The molecule has 0 bridgehead atoms. The van der Waals surface area contributed by atoms with Crippen molar-refractivity contribution in [3.8, 4) is 0 Å². The zero-order valence-corrected chi connectivity index (χ0v) is 11.0. The van der Waals surface area contributed by atoms with Crippen LogP contribution in [0.3, 0.4) is 0 Å². The maximum absolute atomic E-state index is 8.37. The molecule has 100 valence electrons. The van der Waals surface area contributed by atoms with E-state index in [0.717, 1.165) is 32.4 Å². The van der Waals surface area contributed by atoms with Crippen LogP contribution in [0.15, 0.2) is 29.4 Å². The summed E-state index contributed by atoms with van der Waals surface area (Å²) in [6, 6.07) is 8.47. The van der Waals surface area contributed by atoms with Crippen LogP contribution in [0, 0.1) is 6.92 Å². The molecule has 0 radical (unpaired) electrons. The van der Waals surface area contributed by atoms with Gasteiger partial charge in [-0.3, -0.25) is 0 Å². The van der Waals surface area contributed by atoms with Crippen LogP contribution in [0.5, 0.6) is 0 Å². The molecular formula is C14H23N3O. The van der Waals surface area contributed by atoms with E-state index >= 15 is 0 Å². The summed E-state index contributed by atoms with van der Waals surface area (Å²) in [6.07, 6.45) is 3.72. The van der Waals surface area contributed by atoms with Crippen molar-refractivity contribution in [2.45, 2.75) is 32.6 Å². The summed E-state index contributed by atoms with van der Waals surface area (Å²) in [5.41, 5.74) is 8.14. The summed E-state index contributed by atoms with van der Waals surface area (Å²) in [5, 5.41) is 14.7. The Bertz CT molecular complexity index is 377. The van der Waals surface area contributed by atoms with Crippen LogP contribution in [0.25, 0.3) is 0 Å². The van der Waals surface area contributed by atoms with Crippen molar-refractivity contribution in [3.05, 3.63) is 35.4 Å². The third-order valence-corrected chi connectivity index (χ3v) is 3.00. The maximum Gasteiger partial charge on any atom is 0.139 e. The van der Waals surface area contributed by atoms with E-state index in [1.165, 1.54) is 11.1 Å². The Hall–Kier alpha value is -1.55. The van der Waals surface area contributed by atoms with E-state index in [2.05, 4.69) is 41.7 Å². The maximum atomic E-state index is 8.37. The van der Waals surface area contributed by atoms with Gasteiger partial charge in [-0.15, -0.1) is 0 Å². The Labute approximate surface area is 109 Å². The second-order valence-electron chi connectivity index (χ2n) is 4.47. The number of benzene rings is 1. The number of hydrogen-bond donors (Lipinski definition) is 3. The first kappa shape index (κ1) is 14.5. The number of nitrogens with two attached hydrogens (primary N) is 1. The Morgan fingerprint density at radius 3 is 2.78 bits per heavy atom. The number of unbranched alkanes of at least 4 members (excludes halogenated alkanes) is 1. The molecule has 0 heterocycles. The number of oxime groups is 1. The van der Waals surface area contributed by atoms with E-state index < -0.39 is 0 Å². The lowest BCUT2D eigenvalue weighted by Gasteiger charge is -2.07. The number of hydrogen-bond acceptors (Lipinski definition) is 3. The molecule has 4 heteroatoms. The molecule has 0 aliphatic carbocycles. The van der Waals surface area contributed by atoms with Gasteiger partial charge in [0.2, 0.25) is 0 Å². The lowest BCUT2D eigenvalue weighted by molar-refractivity contribution is 0.316. The van der Waals surface area contributed by atoms with Crippen molar-refractivity contribution in [2.75, 3.05) is 13.1 Å². The van der Waals surface area contributed by atoms with Gasteiger partial charge in [-0.1, -0.05) is 29.4 Å². The fraction of sp³-hybridized carbons (Fsp3) is 0.500. The van der Waals surface area contributed by atoms with Gasteiger partial charge in [0.1, 0.15) is 5.84 Å². The minimum atomic E-state index is 0.315. The van der Waals surface area contributed by atoms with E-state index in [1.54, 1.807) is 0 Å². The quantitative estimate of drug-likeness (QED) is 0.217. The minimum Gasteiger partial charge on any atom is -0.409 e. The molecule has 0 aliphatic heterocycles. The van der Waals surface area contributed by atoms with Gasteiger partial charge in [0, 0.05) is 6.42 Å². The average molecular weight is 249 g/mol. The number of nitrogens with zero attached hydrogens (tertiary/aromatic N) is 1. The van der Waals surface area contributed by atoms with Crippen LogP contribution in [-0.4, -0.2) is 24.1 Å². The largest absolute Gasteiger partial charge is 0.409 e. The molecule has 0 atom stereocenters. The molecule has 0 amide bonds. The molecule has 0 spiro atoms. The highest BCUT2D eigenvalue weighted by Crippen LogP contribution is 2.06. The zero-order valence-electron chi connectivity index (χ0n) is 11.0. The SMILES string of the molecule is Cc1ccccc1CCNCCCCC(N)=NO. The van der Waals surface area contributed by atoms with E-state index in [9.17, 15) is 0 Å². The number of amidine groups is 1. The van der Waals surface area contributed by atoms with Gasteiger partial charge in [-0.05, 0) is 50.4 Å². The van der Waals surface area contributed by atoms with Crippen molar-refractivity contribution in [3.63, 3.8) is 0 Å². The topological polar surface area (TPSA) is 70.6 Å². The predicted molar refractivity (Wildman–Crippen MR) is 75.0 cm³/mol. The van der Waals surface area contributed by atoms with Crippen LogP contribution >= 0.6 is 0 Å². The van der Waals surface area contributed by atoms with Crippen molar-refractivity contribution in [2.24, 2.45) is 10.9 Å². The van der Waals surface area contributed by atoms with Gasteiger partial charge in [0.15, 0.2) is 0 Å². The fourth-order valence-electron chi connectivity index (χ4n) is 1.84. The first-order valence-electron chi connectivity index (χ1n) is 6.45. The van der Waals surface area contributed by atoms with E-state index in [-0.39, 0.29) is 0 Å². The van der Waals surface area contributed by atoms with E-state index in [4.69, 9.17) is 10.9 Å². The third-order valence-electron chi connectivity index (χ3n) is 3.00. The number of rotatable bonds is 8. The molecule has 0 unspecified atom stereocenters. The van der Waals surface area contributed by atoms with Crippen molar-refractivity contribution >= 4 is 5.84 Å². The van der Waals surface area contributed by atoms with Crippen LogP contribution in [0.2, 0.25) is 0 Å². The molecule has 0 aliphatic rings. The summed E-state index contributed by atoms with van der Waals surface area (Å²) in [4.78, 5) is 0. The van der Waals surface area contributed by atoms with Crippen LogP contribution in [0.4, 0.5) is 0 Å². The smallest absolute Gasteiger partial charge is 0.139 e.